The molecule has 1 fully saturated rings. The maximum absolute atomic E-state index is 12.6. The molecule has 3 rings (SSSR count). The van der Waals surface area contributed by atoms with Crippen LogP contribution in [0.15, 0.2) is 35.7 Å². The number of amides is 1. The Hall–Kier alpha value is -2.21. The number of aromatic nitrogens is 1. The van der Waals surface area contributed by atoms with Crippen LogP contribution in [0.25, 0.3) is 0 Å². The summed E-state index contributed by atoms with van der Waals surface area (Å²) in [5.41, 5.74) is 1.91. The number of likely N-dealkylation sites (tertiary alicyclic amines) is 1. The van der Waals surface area contributed by atoms with Crippen LogP contribution in [0.4, 0.5) is 0 Å². The number of carboxylic acids is 1. The van der Waals surface area contributed by atoms with E-state index in [-0.39, 0.29) is 12.3 Å². The second-order valence-corrected chi connectivity index (χ2v) is 7.59. The van der Waals surface area contributed by atoms with E-state index in [2.05, 4.69) is 17.1 Å². The minimum absolute atomic E-state index is 0.143. The average molecular weight is 358 g/mol. The summed E-state index contributed by atoms with van der Waals surface area (Å²) in [4.78, 5) is 30.1. The van der Waals surface area contributed by atoms with Gasteiger partial charge in [0.05, 0.1) is 17.1 Å². The van der Waals surface area contributed by atoms with E-state index >= 15 is 0 Å². The van der Waals surface area contributed by atoms with Crippen molar-refractivity contribution in [2.45, 2.75) is 38.6 Å². The number of hydrogen-bond acceptors (Lipinski definition) is 4. The number of carboxylic acid groups (broad SMARTS) is 1. The Balaban J connectivity index is 1.64. The van der Waals surface area contributed by atoms with Gasteiger partial charge in [-0.1, -0.05) is 37.3 Å². The number of nitrogens with zero attached hydrogens (tertiary/aromatic N) is 2. The zero-order valence-electron chi connectivity index (χ0n) is 14.2. The van der Waals surface area contributed by atoms with Gasteiger partial charge in [0, 0.05) is 18.3 Å². The molecule has 1 aliphatic rings. The molecular formula is C19H22N2O3S. The first kappa shape index (κ1) is 17.6. The quantitative estimate of drug-likeness (QED) is 0.892. The summed E-state index contributed by atoms with van der Waals surface area (Å²) in [6, 6.07) is 9.37. The molecule has 1 aromatic heterocycles. The first-order chi connectivity index (χ1) is 12.0. The molecule has 25 heavy (non-hydrogen) atoms. The molecule has 132 valence electrons. The van der Waals surface area contributed by atoms with E-state index < -0.39 is 12.0 Å². The maximum Gasteiger partial charge on any atom is 0.326 e. The summed E-state index contributed by atoms with van der Waals surface area (Å²) in [6.45, 7) is 2.55. The smallest absolute Gasteiger partial charge is 0.326 e. The lowest BCUT2D eigenvalue weighted by molar-refractivity contribution is -0.152. The molecule has 1 saturated heterocycles. The van der Waals surface area contributed by atoms with Gasteiger partial charge in [0.1, 0.15) is 6.04 Å². The van der Waals surface area contributed by atoms with Crippen LogP contribution in [-0.4, -0.2) is 39.5 Å². The second kappa shape index (κ2) is 7.78. The van der Waals surface area contributed by atoms with Crippen molar-refractivity contribution in [3.8, 4) is 0 Å². The molecule has 2 unspecified atom stereocenters. The highest BCUT2D eigenvalue weighted by Crippen LogP contribution is 2.24. The third kappa shape index (κ3) is 4.45. The van der Waals surface area contributed by atoms with Crippen LogP contribution >= 0.6 is 11.3 Å². The van der Waals surface area contributed by atoms with E-state index in [1.165, 1.54) is 10.5 Å². The van der Waals surface area contributed by atoms with Gasteiger partial charge >= 0.3 is 5.97 Å². The van der Waals surface area contributed by atoms with Crippen LogP contribution in [0.2, 0.25) is 0 Å². The number of aliphatic carboxylic acids is 1. The first-order valence-corrected chi connectivity index (χ1v) is 9.40. The fourth-order valence-electron chi connectivity index (χ4n) is 3.21. The molecule has 0 radical (unpaired) electrons. The zero-order valence-corrected chi connectivity index (χ0v) is 15.0. The van der Waals surface area contributed by atoms with Gasteiger partial charge < -0.3 is 10.0 Å². The zero-order chi connectivity index (χ0) is 17.8. The van der Waals surface area contributed by atoms with Gasteiger partial charge in [-0.05, 0) is 24.3 Å². The van der Waals surface area contributed by atoms with Gasteiger partial charge in [-0.25, -0.2) is 9.78 Å². The minimum Gasteiger partial charge on any atom is -0.480 e. The largest absolute Gasteiger partial charge is 0.480 e. The van der Waals surface area contributed by atoms with Gasteiger partial charge in [0.25, 0.3) is 0 Å². The predicted octanol–water partition coefficient (Wildman–Crippen LogP) is 2.99. The van der Waals surface area contributed by atoms with E-state index in [9.17, 15) is 14.7 Å². The van der Waals surface area contributed by atoms with Crippen molar-refractivity contribution < 1.29 is 14.7 Å². The van der Waals surface area contributed by atoms with Crippen LogP contribution in [0.1, 0.15) is 36.0 Å². The Labute approximate surface area is 151 Å². The highest BCUT2D eigenvalue weighted by atomic mass is 32.1. The Morgan fingerprint density at radius 2 is 2.08 bits per heavy atom. The van der Waals surface area contributed by atoms with Crippen LogP contribution in [0.3, 0.4) is 0 Å². The van der Waals surface area contributed by atoms with Crippen molar-refractivity contribution in [1.29, 1.82) is 0 Å². The summed E-state index contributed by atoms with van der Waals surface area (Å²) in [6.07, 6.45) is 2.30. The number of carbonyl (C=O) groups excluding carboxylic acids is 1. The van der Waals surface area contributed by atoms with Crippen molar-refractivity contribution in [1.82, 2.24) is 9.88 Å². The number of carbonyl (C=O) groups is 2. The third-order valence-corrected chi connectivity index (χ3v) is 5.50. The van der Waals surface area contributed by atoms with Crippen LogP contribution in [-0.2, 0) is 22.4 Å². The van der Waals surface area contributed by atoms with Crippen LogP contribution in [0, 0.1) is 5.92 Å². The molecular weight excluding hydrogens is 336 g/mol. The Kier molecular flexibility index (Phi) is 5.48. The molecule has 6 heteroatoms. The number of thiazole rings is 1. The molecule has 1 amide bonds. The fourth-order valence-corrected chi connectivity index (χ4v) is 4.04. The molecule has 2 aromatic rings. The molecule has 0 bridgehead atoms. The van der Waals surface area contributed by atoms with Crippen LogP contribution in [0.5, 0.6) is 0 Å². The fraction of sp³-hybridized carbons (Fsp3) is 0.421. The highest BCUT2D eigenvalue weighted by molar-refractivity contribution is 7.09. The van der Waals surface area contributed by atoms with Gasteiger partial charge in [-0.15, -0.1) is 11.3 Å². The van der Waals surface area contributed by atoms with Gasteiger partial charge in [-0.2, -0.15) is 0 Å². The Bertz CT molecular complexity index is 744. The summed E-state index contributed by atoms with van der Waals surface area (Å²) in [7, 11) is 0. The molecule has 1 aliphatic heterocycles. The van der Waals surface area contributed by atoms with Gasteiger partial charge in [-0.3, -0.25) is 4.79 Å². The van der Waals surface area contributed by atoms with E-state index in [0.717, 1.165) is 23.5 Å². The van der Waals surface area contributed by atoms with Crippen LogP contribution < -0.4 is 0 Å². The van der Waals surface area contributed by atoms with Crippen molar-refractivity contribution in [2.24, 2.45) is 5.92 Å². The van der Waals surface area contributed by atoms with Gasteiger partial charge in [0.2, 0.25) is 5.91 Å². The first-order valence-electron chi connectivity index (χ1n) is 8.52. The summed E-state index contributed by atoms with van der Waals surface area (Å²) in [5.74, 6) is -0.722. The summed E-state index contributed by atoms with van der Waals surface area (Å²) < 4.78 is 0. The van der Waals surface area contributed by atoms with E-state index in [0.29, 0.717) is 18.9 Å². The molecule has 0 spiro atoms. The molecule has 0 saturated carbocycles. The lowest BCUT2D eigenvalue weighted by Gasteiger charge is -2.35. The molecule has 1 N–H and O–H groups in total. The lowest BCUT2D eigenvalue weighted by atomic mass is 9.92. The number of benzene rings is 1. The Morgan fingerprint density at radius 1 is 1.32 bits per heavy atom. The van der Waals surface area contributed by atoms with E-state index in [1.807, 2.05) is 30.5 Å². The number of hydrogen-bond donors (Lipinski definition) is 1. The van der Waals surface area contributed by atoms with E-state index in [4.69, 9.17) is 0 Å². The van der Waals surface area contributed by atoms with Crippen molar-refractivity contribution in [3.05, 3.63) is 52.0 Å². The normalized spacial score (nSPS) is 20.4. The lowest BCUT2D eigenvalue weighted by Crippen LogP contribution is -2.50. The van der Waals surface area contributed by atoms with Crippen molar-refractivity contribution in [2.75, 3.05) is 6.54 Å². The van der Waals surface area contributed by atoms with Crippen molar-refractivity contribution in [3.63, 3.8) is 0 Å². The summed E-state index contributed by atoms with van der Waals surface area (Å²) >= 11 is 1.54. The third-order valence-electron chi connectivity index (χ3n) is 4.60. The molecule has 2 atom stereocenters. The summed E-state index contributed by atoms with van der Waals surface area (Å²) in [5, 5.41) is 12.3. The Morgan fingerprint density at radius 3 is 2.80 bits per heavy atom. The SMILES string of the molecule is CC1CCN(C(=O)Cc2csc(Cc3ccccc3)n2)C(C(=O)O)C1. The van der Waals surface area contributed by atoms with Crippen molar-refractivity contribution >= 4 is 23.2 Å². The molecule has 5 nitrogen and oxygen atoms in total. The topological polar surface area (TPSA) is 70.5 Å². The predicted molar refractivity (Wildman–Crippen MR) is 96.6 cm³/mol. The number of rotatable bonds is 5. The standard InChI is InChI=1S/C19H22N2O3S/c1-13-7-8-21(16(9-13)19(23)24)18(22)11-15-12-25-17(20-15)10-14-5-3-2-4-6-14/h2-6,12-13,16H,7-11H2,1H3,(H,23,24). The average Bonchev–Trinajstić information content (AvgIpc) is 3.02. The molecule has 2 heterocycles. The second-order valence-electron chi connectivity index (χ2n) is 6.64. The maximum atomic E-state index is 12.6. The minimum atomic E-state index is -0.914. The monoisotopic (exact) mass is 358 g/mol. The number of piperidine rings is 1. The van der Waals surface area contributed by atoms with Gasteiger partial charge in [0.15, 0.2) is 0 Å². The van der Waals surface area contributed by atoms with E-state index in [1.54, 1.807) is 11.3 Å². The molecule has 0 aliphatic carbocycles. The molecule has 1 aromatic carbocycles. The highest BCUT2D eigenvalue weighted by Gasteiger charge is 2.34.